The average molecular weight is 319 g/mol. The molecule has 1 aromatic carbocycles. The highest BCUT2D eigenvalue weighted by atomic mass is 35.5. The number of nitrogens with two attached hydrogens (primary N) is 1. The Kier molecular flexibility index (Phi) is 4.33. The molecule has 1 aliphatic rings. The Labute approximate surface area is 122 Å². The molecular formula is C12H15ClN2O4S. The number of hydrogen-bond donors (Lipinski definition) is 1. The van der Waals surface area contributed by atoms with Crippen molar-refractivity contribution in [2.24, 2.45) is 5.73 Å². The molecule has 0 radical (unpaired) electrons. The smallest absolute Gasteiger partial charge is 0.339 e. The summed E-state index contributed by atoms with van der Waals surface area (Å²) in [7, 11) is -2.59. The lowest BCUT2D eigenvalue weighted by atomic mass is 10.2. The zero-order valence-electron chi connectivity index (χ0n) is 10.9. The Morgan fingerprint density at radius 1 is 1.50 bits per heavy atom. The SMILES string of the molecule is COC(=O)c1cc(Cl)ccc1S(=O)(=O)N1CC[C@@H](N)C1. The third-order valence-electron chi connectivity index (χ3n) is 3.15. The van der Waals surface area contributed by atoms with E-state index in [1.165, 1.54) is 29.6 Å². The van der Waals surface area contributed by atoms with E-state index in [2.05, 4.69) is 4.74 Å². The van der Waals surface area contributed by atoms with Crippen LogP contribution in [0.15, 0.2) is 23.1 Å². The molecule has 2 rings (SSSR count). The summed E-state index contributed by atoms with van der Waals surface area (Å²) >= 11 is 5.81. The number of benzene rings is 1. The van der Waals surface area contributed by atoms with Gasteiger partial charge in [0.1, 0.15) is 0 Å². The Bertz CT molecular complexity index is 632. The van der Waals surface area contributed by atoms with E-state index in [0.717, 1.165) is 0 Å². The summed E-state index contributed by atoms with van der Waals surface area (Å²) in [4.78, 5) is 11.6. The van der Waals surface area contributed by atoms with Crippen LogP contribution in [0.4, 0.5) is 0 Å². The topological polar surface area (TPSA) is 89.7 Å². The second-order valence-electron chi connectivity index (χ2n) is 4.54. The summed E-state index contributed by atoms with van der Waals surface area (Å²) in [5.74, 6) is -0.741. The molecule has 1 heterocycles. The fourth-order valence-corrected chi connectivity index (χ4v) is 3.95. The van der Waals surface area contributed by atoms with Crippen molar-refractivity contribution in [2.75, 3.05) is 20.2 Å². The van der Waals surface area contributed by atoms with Crippen molar-refractivity contribution in [3.05, 3.63) is 28.8 Å². The van der Waals surface area contributed by atoms with Gasteiger partial charge in [0.2, 0.25) is 10.0 Å². The molecule has 1 fully saturated rings. The molecule has 0 saturated carbocycles. The molecule has 0 aliphatic carbocycles. The second-order valence-corrected chi connectivity index (χ2v) is 6.89. The minimum Gasteiger partial charge on any atom is -0.465 e. The number of hydrogen-bond acceptors (Lipinski definition) is 5. The van der Waals surface area contributed by atoms with Crippen LogP contribution >= 0.6 is 11.6 Å². The second kappa shape index (κ2) is 5.69. The van der Waals surface area contributed by atoms with Gasteiger partial charge in [-0.1, -0.05) is 11.6 Å². The summed E-state index contributed by atoms with van der Waals surface area (Å²) in [6.45, 7) is 0.582. The van der Waals surface area contributed by atoms with Crippen molar-refractivity contribution < 1.29 is 17.9 Å². The van der Waals surface area contributed by atoms with Crippen molar-refractivity contribution >= 4 is 27.6 Å². The summed E-state index contributed by atoms with van der Waals surface area (Å²) in [6, 6.07) is 3.85. The van der Waals surface area contributed by atoms with Crippen LogP contribution < -0.4 is 5.73 Å². The van der Waals surface area contributed by atoms with Gasteiger partial charge in [0.25, 0.3) is 0 Å². The monoisotopic (exact) mass is 318 g/mol. The first-order chi connectivity index (χ1) is 9.36. The number of nitrogens with zero attached hydrogens (tertiary/aromatic N) is 1. The molecule has 0 spiro atoms. The van der Waals surface area contributed by atoms with E-state index in [-0.39, 0.29) is 28.1 Å². The normalized spacial score (nSPS) is 20.1. The van der Waals surface area contributed by atoms with Crippen LogP contribution in [0.2, 0.25) is 5.02 Å². The first-order valence-corrected chi connectivity index (χ1v) is 7.81. The largest absolute Gasteiger partial charge is 0.465 e. The average Bonchev–Trinajstić information content (AvgIpc) is 2.84. The van der Waals surface area contributed by atoms with E-state index in [4.69, 9.17) is 17.3 Å². The van der Waals surface area contributed by atoms with Crippen LogP contribution in [0.3, 0.4) is 0 Å². The van der Waals surface area contributed by atoms with Crippen molar-refractivity contribution in [2.45, 2.75) is 17.4 Å². The first-order valence-electron chi connectivity index (χ1n) is 6.00. The van der Waals surface area contributed by atoms with Crippen LogP contribution in [0.5, 0.6) is 0 Å². The Morgan fingerprint density at radius 3 is 2.75 bits per heavy atom. The van der Waals surface area contributed by atoms with E-state index in [9.17, 15) is 13.2 Å². The van der Waals surface area contributed by atoms with Crippen LogP contribution in [-0.4, -0.2) is 44.9 Å². The molecule has 2 N–H and O–H groups in total. The van der Waals surface area contributed by atoms with Crippen molar-refractivity contribution in [3.63, 3.8) is 0 Å². The van der Waals surface area contributed by atoms with Crippen molar-refractivity contribution in [1.82, 2.24) is 4.31 Å². The fourth-order valence-electron chi connectivity index (χ4n) is 2.11. The number of ether oxygens (including phenoxy) is 1. The predicted molar refractivity (Wildman–Crippen MR) is 74.1 cm³/mol. The molecule has 1 atom stereocenters. The van der Waals surface area contributed by atoms with Gasteiger partial charge in [-0.15, -0.1) is 0 Å². The van der Waals surface area contributed by atoms with Gasteiger partial charge >= 0.3 is 5.97 Å². The number of esters is 1. The third kappa shape index (κ3) is 2.80. The van der Waals surface area contributed by atoms with Gasteiger partial charge in [0.05, 0.1) is 17.6 Å². The highest BCUT2D eigenvalue weighted by molar-refractivity contribution is 7.89. The quantitative estimate of drug-likeness (QED) is 0.834. The third-order valence-corrected chi connectivity index (χ3v) is 5.31. The van der Waals surface area contributed by atoms with Gasteiger partial charge in [-0.2, -0.15) is 4.31 Å². The standard InChI is InChI=1S/C12H15ClN2O4S/c1-19-12(16)10-6-8(13)2-3-11(10)20(17,18)15-5-4-9(14)7-15/h2-3,6,9H,4-5,7,14H2,1H3/t9-/m1/s1. The van der Waals surface area contributed by atoms with Gasteiger partial charge in [0.15, 0.2) is 0 Å². The van der Waals surface area contributed by atoms with Gasteiger partial charge in [-0.3, -0.25) is 0 Å². The molecule has 0 aromatic heterocycles. The molecule has 1 aromatic rings. The lowest BCUT2D eigenvalue weighted by molar-refractivity contribution is 0.0596. The lowest BCUT2D eigenvalue weighted by Gasteiger charge is -2.17. The molecule has 0 bridgehead atoms. The number of halogens is 1. The molecular weight excluding hydrogens is 304 g/mol. The van der Waals surface area contributed by atoms with Crippen LogP contribution in [0.1, 0.15) is 16.8 Å². The number of sulfonamides is 1. The van der Waals surface area contributed by atoms with E-state index in [1.54, 1.807) is 0 Å². The molecule has 0 amide bonds. The molecule has 110 valence electrons. The van der Waals surface area contributed by atoms with Crippen molar-refractivity contribution in [1.29, 1.82) is 0 Å². The van der Waals surface area contributed by atoms with Gasteiger partial charge in [0, 0.05) is 24.2 Å². The fraction of sp³-hybridized carbons (Fsp3) is 0.417. The Hall–Kier alpha value is -1.15. The summed E-state index contributed by atoms with van der Waals surface area (Å²) in [6.07, 6.45) is 0.598. The van der Waals surface area contributed by atoms with Gasteiger partial charge < -0.3 is 10.5 Å². The van der Waals surface area contributed by atoms with Crippen LogP contribution in [0, 0.1) is 0 Å². The number of carbonyl (C=O) groups is 1. The number of methoxy groups -OCH3 is 1. The van der Waals surface area contributed by atoms with E-state index >= 15 is 0 Å². The maximum Gasteiger partial charge on any atom is 0.339 e. The van der Waals surface area contributed by atoms with Gasteiger partial charge in [-0.05, 0) is 24.6 Å². The molecule has 1 aliphatic heterocycles. The van der Waals surface area contributed by atoms with Crippen LogP contribution in [-0.2, 0) is 14.8 Å². The molecule has 20 heavy (non-hydrogen) atoms. The zero-order valence-corrected chi connectivity index (χ0v) is 12.4. The van der Waals surface area contributed by atoms with E-state index < -0.39 is 16.0 Å². The summed E-state index contributed by atoms with van der Waals surface area (Å²) < 4.78 is 31.0. The van der Waals surface area contributed by atoms with Crippen molar-refractivity contribution in [3.8, 4) is 0 Å². The number of rotatable bonds is 3. The minimum absolute atomic E-state index is 0.0690. The lowest BCUT2D eigenvalue weighted by Crippen LogP contribution is -2.32. The highest BCUT2D eigenvalue weighted by Gasteiger charge is 2.33. The Balaban J connectivity index is 2.49. The highest BCUT2D eigenvalue weighted by Crippen LogP contribution is 2.26. The summed E-state index contributed by atoms with van der Waals surface area (Å²) in [5, 5.41) is 0.266. The minimum atomic E-state index is -3.78. The zero-order chi connectivity index (χ0) is 14.9. The predicted octanol–water partition coefficient (Wildman–Crippen LogP) is 0.848. The number of carbonyl (C=O) groups excluding carboxylic acids is 1. The van der Waals surface area contributed by atoms with Crippen LogP contribution in [0.25, 0.3) is 0 Å². The summed E-state index contributed by atoms with van der Waals surface area (Å²) in [5.41, 5.74) is 5.66. The molecule has 1 saturated heterocycles. The first kappa shape index (κ1) is 15.2. The Morgan fingerprint density at radius 2 is 2.20 bits per heavy atom. The maximum atomic E-state index is 12.6. The van der Waals surface area contributed by atoms with Gasteiger partial charge in [-0.25, -0.2) is 13.2 Å². The molecule has 6 nitrogen and oxygen atoms in total. The maximum absolute atomic E-state index is 12.6. The van der Waals surface area contributed by atoms with E-state index in [1.807, 2.05) is 0 Å². The molecule has 0 unspecified atom stereocenters. The molecule has 8 heteroatoms. The van der Waals surface area contributed by atoms with E-state index in [0.29, 0.717) is 13.0 Å².